The van der Waals surface area contributed by atoms with Crippen molar-refractivity contribution in [2.45, 2.75) is 44.6 Å². The second-order valence-electron chi connectivity index (χ2n) is 7.30. The van der Waals surface area contributed by atoms with Crippen LogP contribution in [0.1, 0.15) is 48.0 Å². The van der Waals surface area contributed by atoms with Crippen molar-refractivity contribution in [2.24, 2.45) is 0 Å². The normalized spacial score (nSPS) is 16.2. The molecule has 1 saturated carbocycles. The smallest absolute Gasteiger partial charge is 0.258 e. The van der Waals surface area contributed by atoms with Crippen molar-refractivity contribution in [1.29, 1.82) is 0 Å². The SMILES string of the molecule is COc1cc(C(=O)N2CCCc3c(N)cccc32)ccc1OC1CCCC1.Cl. The van der Waals surface area contributed by atoms with E-state index >= 15 is 0 Å². The van der Waals surface area contributed by atoms with Gasteiger partial charge in [0.25, 0.3) is 5.91 Å². The van der Waals surface area contributed by atoms with E-state index < -0.39 is 0 Å². The maximum Gasteiger partial charge on any atom is 0.258 e. The number of halogens is 1. The minimum absolute atomic E-state index is 0. The fourth-order valence-electron chi connectivity index (χ4n) is 4.10. The van der Waals surface area contributed by atoms with Crippen LogP contribution < -0.4 is 20.1 Å². The van der Waals surface area contributed by atoms with Gasteiger partial charge < -0.3 is 20.1 Å². The zero-order valence-corrected chi connectivity index (χ0v) is 17.0. The highest BCUT2D eigenvalue weighted by atomic mass is 35.5. The van der Waals surface area contributed by atoms with Crippen LogP contribution in [-0.2, 0) is 6.42 Å². The average molecular weight is 403 g/mol. The molecule has 0 radical (unpaired) electrons. The second kappa shape index (κ2) is 8.74. The number of nitrogens with zero attached hydrogens (tertiary/aromatic N) is 1. The Morgan fingerprint density at radius 3 is 2.64 bits per heavy atom. The Morgan fingerprint density at radius 1 is 1.11 bits per heavy atom. The van der Waals surface area contributed by atoms with Gasteiger partial charge in [0.05, 0.1) is 13.2 Å². The minimum atomic E-state index is -0.0349. The number of methoxy groups -OCH3 is 1. The molecule has 0 atom stereocenters. The fourth-order valence-corrected chi connectivity index (χ4v) is 4.10. The Labute approximate surface area is 172 Å². The van der Waals surface area contributed by atoms with Gasteiger partial charge in [0.1, 0.15) is 0 Å². The summed E-state index contributed by atoms with van der Waals surface area (Å²) in [5.41, 5.74) is 9.44. The number of carbonyl (C=O) groups excluding carboxylic acids is 1. The first-order valence-corrected chi connectivity index (χ1v) is 9.71. The lowest BCUT2D eigenvalue weighted by Crippen LogP contribution is -2.35. The molecule has 1 heterocycles. The van der Waals surface area contributed by atoms with Crippen LogP contribution in [-0.4, -0.2) is 25.7 Å². The highest BCUT2D eigenvalue weighted by molar-refractivity contribution is 6.07. The Hall–Kier alpha value is -2.40. The standard InChI is InChI=1S/C22H26N2O3.ClH/c1-26-21-14-15(11-12-20(21)27-16-6-2-3-7-16)22(25)24-13-5-8-17-18(23)9-4-10-19(17)24;/h4,9-12,14,16H,2-3,5-8,13,23H2,1H3;1H. The summed E-state index contributed by atoms with van der Waals surface area (Å²) in [6.07, 6.45) is 6.64. The van der Waals surface area contributed by atoms with E-state index in [1.54, 1.807) is 13.2 Å². The molecule has 28 heavy (non-hydrogen) atoms. The maximum absolute atomic E-state index is 13.2. The molecule has 4 rings (SSSR count). The van der Waals surface area contributed by atoms with Crippen molar-refractivity contribution in [3.8, 4) is 11.5 Å². The van der Waals surface area contributed by atoms with Crippen LogP contribution in [0.4, 0.5) is 11.4 Å². The van der Waals surface area contributed by atoms with Crippen molar-refractivity contribution < 1.29 is 14.3 Å². The molecule has 0 bridgehead atoms. The first-order valence-electron chi connectivity index (χ1n) is 9.71. The zero-order valence-electron chi connectivity index (χ0n) is 16.1. The van der Waals surface area contributed by atoms with Crippen LogP contribution in [0.15, 0.2) is 36.4 Å². The number of ether oxygens (including phenoxy) is 2. The summed E-state index contributed by atoms with van der Waals surface area (Å²) in [7, 11) is 1.61. The average Bonchev–Trinajstić information content (AvgIpc) is 3.21. The molecule has 1 fully saturated rings. The largest absolute Gasteiger partial charge is 0.493 e. The van der Waals surface area contributed by atoms with Crippen molar-refractivity contribution in [3.63, 3.8) is 0 Å². The summed E-state index contributed by atoms with van der Waals surface area (Å²) >= 11 is 0. The molecule has 5 nitrogen and oxygen atoms in total. The van der Waals surface area contributed by atoms with E-state index in [1.165, 1.54) is 12.8 Å². The van der Waals surface area contributed by atoms with Gasteiger partial charge >= 0.3 is 0 Å². The van der Waals surface area contributed by atoms with E-state index in [9.17, 15) is 4.79 Å². The highest BCUT2D eigenvalue weighted by Gasteiger charge is 2.26. The molecular formula is C22H27ClN2O3. The summed E-state index contributed by atoms with van der Waals surface area (Å²) in [5, 5.41) is 0. The Bertz CT molecular complexity index is 850. The number of rotatable bonds is 4. The van der Waals surface area contributed by atoms with Crippen LogP contribution >= 0.6 is 12.4 Å². The zero-order chi connectivity index (χ0) is 18.8. The molecule has 150 valence electrons. The molecule has 0 aromatic heterocycles. The lowest BCUT2D eigenvalue weighted by Gasteiger charge is -2.30. The van der Waals surface area contributed by atoms with Crippen molar-refractivity contribution in [1.82, 2.24) is 0 Å². The van der Waals surface area contributed by atoms with Crippen LogP contribution in [0.5, 0.6) is 11.5 Å². The van der Waals surface area contributed by atoms with Gasteiger partial charge in [-0.1, -0.05) is 6.07 Å². The van der Waals surface area contributed by atoms with Gasteiger partial charge in [-0.15, -0.1) is 12.4 Å². The molecule has 2 aromatic rings. The molecule has 1 amide bonds. The lowest BCUT2D eigenvalue weighted by atomic mass is 9.99. The van der Waals surface area contributed by atoms with Crippen LogP contribution in [0.2, 0.25) is 0 Å². The van der Waals surface area contributed by atoms with Gasteiger partial charge in [-0.05, 0) is 74.4 Å². The molecule has 2 aromatic carbocycles. The number of nitrogens with two attached hydrogens (primary N) is 1. The third kappa shape index (κ3) is 3.90. The summed E-state index contributed by atoms with van der Waals surface area (Å²) in [5.74, 6) is 1.29. The molecule has 2 N–H and O–H groups in total. The summed E-state index contributed by atoms with van der Waals surface area (Å²) in [6, 6.07) is 11.2. The van der Waals surface area contributed by atoms with Gasteiger partial charge in [-0.2, -0.15) is 0 Å². The van der Waals surface area contributed by atoms with Gasteiger partial charge in [0.15, 0.2) is 11.5 Å². The Balaban J connectivity index is 0.00000225. The van der Waals surface area contributed by atoms with Gasteiger partial charge in [-0.3, -0.25) is 4.79 Å². The third-order valence-corrected chi connectivity index (χ3v) is 5.54. The molecule has 2 aliphatic rings. The number of fused-ring (bicyclic) bond motifs is 1. The first kappa shape index (κ1) is 20.3. The van der Waals surface area contributed by atoms with Crippen LogP contribution in [0.3, 0.4) is 0 Å². The minimum Gasteiger partial charge on any atom is -0.493 e. The Morgan fingerprint density at radius 2 is 1.89 bits per heavy atom. The third-order valence-electron chi connectivity index (χ3n) is 5.54. The molecule has 6 heteroatoms. The molecule has 1 aliphatic heterocycles. The number of hydrogen-bond donors (Lipinski definition) is 1. The van der Waals surface area contributed by atoms with Gasteiger partial charge in [0, 0.05) is 23.5 Å². The number of nitrogen functional groups attached to an aromatic ring is 1. The van der Waals surface area contributed by atoms with Gasteiger partial charge in [0.2, 0.25) is 0 Å². The molecule has 0 spiro atoms. The van der Waals surface area contributed by atoms with E-state index in [2.05, 4.69) is 0 Å². The second-order valence-corrected chi connectivity index (χ2v) is 7.30. The van der Waals surface area contributed by atoms with Crippen molar-refractivity contribution in [3.05, 3.63) is 47.5 Å². The van der Waals surface area contributed by atoms with Gasteiger partial charge in [-0.25, -0.2) is 0 Å². The molecule has 0 saturated heterocycles. The Kier molecular flexibility index (Phi) is 6.35. The van der Waals surface area contributed by atoms with E-state index in [1.807, 2.05) is 35.2 Å². The predicted octanol–water partition coefficient (Wildman–Crippen LogP) is 4.61. The molecule has 0 unspecified atom stereocenters. The van der Waals surface area contributed by atoms with E-state index in [-0.39, 0.29) is 24.4 Å². The number of carbonyl (C=O) groups is 1. The van der Waals surface area contributed by atoms with E-state index in [0.29, 0.717) is 23.6 Å². The highest BCUT2D eigenvalue weighted by Crippen LogP contribution is 2.35. The number of benzene rings is 2. The monoisotopic (exact) mass is 402 g/mol. The summed E-state index contributed by atoms with van der Waals surface area (Å²) in [6.45, 7) is 0.692. The predicted molar refractivity (Wildman–Crippen MR) is 114 cm³/mol. The number of anilines is 2. The topological polar surface area (TPSA) is 64.8 Å². The first-order chi connectivity index (χ1) is 13.2. The number of hydrogen-bond acceptors (Lipinski definition) is 4. The lowest BCUT2D eigenvalue weighted by molar-refractivity contribution is 0.0984. The van der Waals surface area contributed by atoms with Crippen molar-refractivity contribution in [2.75, 3.05) is 24.3 Å². The fraction of sp³-hybridized carbons (Fsp3) is 0.409. The summed E-state index contributed by atoms with van der Waals surface area (Å²) in [4.78, 5) is 15.0. The molecular weight excluding hydrogens is 376 g/mol. The quantitative estimate of drug-likeness (QED) is 0.758. The van der Waals surface area contributed by atoms with Crippen LogP contribution in [0, 0.1) is 0 Å². The van der Waals surface area contributed by atoms with E-state index in [4.69, 9.17) is 15.2 Å². The van der Waals surface area contributed by atoms with E-state index in [0.717, 1.165) is 42.6 Å². The van der Waals surface area contributed by atoms with Crippen molar-refractivity contribution >= 4 is 29.7 Å². The molecule has 1 aliphatic carbocycles. The summed E-state index contributed by atoms with van der Waals surface area (Å²) < 4.78 is 11.6. The maximum atomic E-state index is 13.2. The van der Waals surface area contributed by atoms with Crippen LogP contribution in [0.25, 0.3) is 0 Å². The number of amides is 1.